The van der Waals surface area contributed by atoms with E-state index in [1.807, 2.05) is 13.8 Å². The summed E-state index contributed by atoms with van der Waals surface area (Å²) in [5.41, 5.74) is 5.77. The van der Waals surface area contributed by atoms with Gasteiger partial charge in [-0.3, -0.25) is 4.79 Å². The fourth-order valence-corrected chi connectivity index (χ4v) is 2.63. The maximum atomic E-state index is 11.8. The highest BCUT2D eigenvalue weighted by Crippen LogP contribution is 2.40. The van der Waals surface area contributed by atoms with Gasteiger partial charge in [0.2, 0.25) is 5.91 Å². The van der Waals surface area contributed by atoms with E-state index in [9.17, 15) is 4.79 Å². The highest BCUT2D eigenvalue weighted by Gasteiger charge is 2.34. The third-order valence-corrected chi connectivity index (χ3v) is 4.08. The summed E-state index contributed by atoms with van der Waals surface area (Å²) in [6.07, 6.45) is 6.01. The van der Waals surface area contributed by atoms with Crippen molar-refractivity contribution >= 4 is 5.91 Å². The second kappa shape index (κ2) is 7.74. The second-order valence-corrected chi connectivity index (χ2v) is 5.51. The lowest BCUT2D eigenvalue weighted by molar-refractivity contribution is -0.124. The lowest BCUT2D eigenvalue weighted by Crippen LogP contribution is -2.40. The fraction of sp³-hybridized carbons (Fsp3) is 0.929. The summed E-state index contributed by atoms with van der Waals surface area (Å²) in [7, 11) is 0. The Morgan fingerprint density at radius 1 is 1.44 bits per heavy atom. The number of carbonyl (C=O) groups is 1. The lowest BCUT2D eigenvalue weighted by atomic mass is 9.82. The first-order valence-corrected chi connectivity index (χ1v) is 7.19. The normalized spacial score (nSPS) is 19.7. The Hall–Kier alpha value is -0.610. The van der Waals surface area contributed by atoms with Gasteiger partial charge in [-0.2, -0.15) is 0 Å². The van der Waals surface area contributed by atoms with Crippen LogP contribution in [0.5, 0.6) is 0 Å². The van der Waals surface area contributed by atoms with E-state index in [0.717, 1.165) is 26.2 Å². The van der Waals surface area contributed by atoms with Gasteiger partial charge < -0.3 is 15.8 Å². The van der Waals surface area contributed by atoms with E-state index in [-0.39, 0.29) is 17.2 Å². The van der Waals surface area contributed by atoms with Gasteiger partial charge in [0.25, 0.3) is 0 Å². The fourth-order valence-electron chi connectivity index (χ4n) is 2.63. The quantitative estimate of drug-likeness (QED) is 0.649. The van der Waals surface area contributed by atoms with Crippen molar-refractivity contribution in [1.82, 2.24) is 5.32 Å². The zero-order valence-electron chi connectivity index (χ0n) is 11.8. The van der Waals surface area contributed by atoms with Crippen molar-refractivity contribution in [1.29, 1.82) is 0 Å². The molecule has 0 heterocycles. The molecule has 4 heteroatoms. The number of amides is 1. The Morgan fingerprint density at radius 2 is 2.11 bits per heavy atom. The van der Waals surface area contributed by atoms with Crippen LogP contribution in [-0.2, 0) is 9.53 Å². The Kier molecular flexibility index (Phi) is 6.65. The number of carbonyl (C=O) groups excluding carboxylic acids is 1. The number of nitrogens with one attached hydrogen (secondary N) is 1. The molecule has 0 aromatic carbocycles. The van der Waals surface area contributed by atoms with Crippen molar-refractivity contribution in [3.05, 3.63) is 0 Å². The molecule has 4 nitrogen and oxygen atoms in total. The van der Waals surface area contributed by atoms with E-state index >= 15 is 0 Å². The van der Waals surface area contributed by atoms with Crippen LogP contribution in [0.4, 0.5) is 0 Å². The molecule has 0 radical (unpaired) electrons. The minimum absolute atomic E-state index is 0.0835. The van der Waals surface area contributed by atoms with Crippen LogP contribution in [0.25, 0.3) is 0 Å². The number of nitrogens with two attached hydrogens (primary N) is 1. The summed E-state index contributed by atoms with van der Waals surface area (Å²) in [5, 5.41) is 3.07. The molecule has 1 fully saturated rings. The molecule has 1 saturated carbocycles. The molecule has 18 heavy (non-hydrogen) atoms. The summed E-state index contributed by atoms with van der Waals surface area (Å²) >= 11 is 0. The average Bonchev–Trinajstić information content (AvgIpc) is 2.84. The van der Waals surface area contributed by atoms with Gasteiger partial charge in [0, 0.05) is 32.2 Å². The maximum Gasteiger partial charge on any atom is 0.224 e. The molecule has 1 amide bonds. The molecule has 1 aliphatic rings. The van der Waals surface area contributed by atoms with Crippen molar-refractivity contribution in [2.24, 2.45) is 17.1 Å². The van der Waals surface area contributed by atoms with Gasteiger partial charge in [0.1, 0.15) is 0 Å². The van der Waals surface area contributed by atoms with Crippen LogP contribution in [0.15, 0.2) is 0 Å². The standard InChI is InChI=1S/C14H28N2O2/c1-3-18-9-8-14(6-4-5-7-14)11-16-13(17)12(2)10-15/h12H,3-11,15H2,1-2H3,(H,16,17). The summed E-state index contributed by atoms with van der Waals surface area (Å²) < 4.78 is 5.46. The van der Waals surface area contributed by atoms with Gasteiger partial charge in [-0.1, -0.05) is 19.8 Å². The van der Waals surface area contributed by atoms with Crippen molar-refractivity contribution in [3.8, 4) is 0 Å². The van der Waals surface area contributed by atoms with Crippen LogP contribution in [-0.4, -0.2) is 32.2 Å². The molecular formula is C14H28N2O2. The minimum atomic E-state index is -0.0876. The lowest BCUT2D eigenvalue weighted by Gasteiger charge is -2.29. The number of ether oxygens (including phenoxy) is 1. The Morgan fingerprint density at radius 3 is 2.67 bits per heavy atom. The van der Waals surface area contributed by atoms with Crippen LogP contribution in [0.1, 0.15) is 46.0 Å². The van der Waals surface area contributed by atoms with Crippen LogP contribution < -0.4 is 11.1 Å². The Labute approximate surface area is 111 Å². The molecule has 0 saturated heterocycles. The molecule has 1 rings (SSSR count). The molecule has 3 N–H and O–H groups in total. The zero-order valence-corrected chi connectivity index (χ0v) is 11.8. The molecule has 106 valence electrons. The predicted molar refractivity (Wildman–Crippen MR) is 73.2 cm³/mol. The molecule has 1 atom stereocenters. The molecule has 0 bridgehead atoms. The van der Waals surface area contributed by atoms with E-state index in [4.69, 9.17) is 10.5 Å². The Balaban J connectivity index is 2.40. The summed E-state index contributed by atoms with van der Waals surface area (Å²) in [6, 6.07) is 0. The van der Waals surface area contributed by atoms with Gasteiger partial charge in [0.15, 0.2) is 0 Å². The van der Waals surface area contributed by atoms with Crippen molar-refractivity contribution in [2.45, 2.75) is 46.0 Å². The van der Waals surface area contributed by atoms with Gasteiger partial charge in [-0.15, -0.1) is 0 Å². The molecule has 0 spiro atoms. The first-order chi connectivity index (χ1) is 8.63. The predicted octanol–water partition coefficient (Wildman–Crippen LogP) is 1.68. The van der Waals surface area contributed by atoms with Crippen LogP contribution in [0.3, 0.4) is 0 Å². The first kappa shape index (κ1) is 15.4. The number of rotatable bonds is 8. The smallest absolute Gasteiger partial charge is 0.224 e. The van der Waals surface area contributed by atoms with E-state index in [1.54, 1.807) is 0 Å². The van der Waals surface area contributed by atoms with Crippen LogP contribution in [0.2, 0.25) is 0 Å². The average molecular weight is 256 g/mol. The summed E-state index contributed by atoms with van der Waals surface area (Å²) in [6.45, 7) is 6.66. The molecular weight excluding hydrogens is 228 g/mol. The highest BCUT2D eigenvalue weighted by atomic mass is 16.5. The minimum Gasteiger partial charge on any atom is -0.382 e. The molecule has 1 aliphatic carbocycles. The van der Waals surface area contributed by atoms with Crippen molar-refractivity contribution < 1.29 is 9.53 Å². The summed E-state index contributed by atoms with van der Waals surface area (Å²) in [5.74, 6) is -0.00414. The monoisotopic (exact) mass is 256 g/mol. The van der Waals surface area contributed by atoms with Gasteiger partial charge >= 0.3 is 0 Å². The third-order valence-electron chi connectivity index (χ3n) is 4.08. The van der Waals surface area contributed by atoms with Crippen LogP contribution >= 0.6 is 0 Å². The Bertz CT molecular complexity index is 250. The van der Waals surface area contributed by atoms with Gasteiger partial charge in [-0.05, 0) is 31.6 Å². The van der Waals surface area contributed by atoms with Gasteiger partial charge in [0.05, 0.1) is 0 Å². The highest BCUT2D eigenvalue weighted by molar-refractivity contribution is 5.78. The van der Waals surface area contributed by atoms with Gasteiger partial charge in [-0.25, -0.2) is 0 Å². The molecule has 0 aromatic rings. The maximum absolute atomic E-state index is 11.8. The van der Waals surface area contributed by atoms with E-state index in [2.05, 4.69) is 5.32 Å². The summed E-state index contributed by atoms with van der Waals surface area (Å²) in [4.78, 5) is 11.8. The van der Waals surface area contributed by atoms with E-state index in [1.165, 1.54) is 25.7 Å². The topological polar surface area (TPSA) is 64.3 Å². The SMILES string of the molecule is CCOCCC1(CNC(=O)C(C)CN)CCCC1. The number of hydrogen-bond acceptors (Lipinski definition) is 3. The molecule has 1 unspecified atom stereocenters. The molecule has 0 aliphatic heterocycles. The second-order valence-electron chi connectivity index (χ2n) is 5.51. The zero-order chi connectivity index (χ0) is 13.4. The van der Waals surface area contributed by atoms with Crippen molar-refractivity contribution in [3.63, 3.8) is 0 Å². The van der Waals surface area contributed by atoms with Crippen LogP contribution in [0, 0.1) is 11.3 Å². The van der Waals surface area contributed by atoms with E-state index < -0.39 is 0 Å². The molecule has 0 aromatic heterocycles. The third kappa shape index (κ3) is 4.58. The van der Waals surface area contributed by atoms with Crippen molar-refractivity contribution in [2.75, 3.05) is 26.3 Å². The van der Waals surface area contributed by atoms with E-state index in [0.29, 0.717) is 6.54 Å². The first-order valence-electron chi connectivity index (χ1n) is 7.19. The number of hydrogen-bond donors (Lipinski definition) is 2. The largest absolute Gasteiger partial charge is 0.382 e.